The molecule has 1 saturated heterocycles. The number of benzene rings is 1. The molecule has 0 saturated carbocycles. The van der Waals surface area contributed by atoms with Crippen LogP contribution in [0.4, 0.5) is 0 Å². The van der Waals surface area contributed by atoms with Crippen molar-refractivity contribution >= 4 is 11.7 Å². The van der Waals surface area contributed by atoms with Gasteiger partial charge in [0.25, 0.3) is 0 Å². The summed E-state index contributed by atoms with van der Waals surface area (Å²) < 4.78 is 5.72. The van der Waals surface area contributed by atoms with Crippen LogP contribution >= 0.6 is 0 Å². The highest BCUT2D eigenvalue weighted by molar-refractivity contribution is 5.94. The average Bonchev–Trinajstić information content (AvgIpc) is 3.00. The zero-order chi connectivity index (χ0) is 16.8. The van der Waals surface area contributed by atoms with E-state index in [-0.39, 0.29) is 23.8 Å². The molecule has 0 aromatic heterocycles. The molecule has 2 unspecified atom stereocenters. The summed E-state index contributed by atoms with van der Waals surface area (Å²) in [4.78, 5) is 23.4. The van der Waals surface area contributed by atoms with E-state index in [2.05, 4.69) is 30.0 Å². The minimum atomic E-state index is -0.245. The maximum atomic E-state index is 12.0. The number of nitrogens with one attached hydrogen (secondary N) is 3. The lowest BCUT2D eigenvalue weighted by Gasteiger charge is -2.13. The van der Waals surface area contributed by atoms with E-state index in [1.54, 1.807) is 18.2 Å². The molecule has 1 aromatic carbocycles. The van der Waals surface area contributed by atoms with E-state index in [1.807, 2.05) is 6.07 Å². The fourth-order valence-corrected chi connectivity index (χ4v) is 2.33. The summed E-state index contributed by atoms with van der Waals surface area (Å²) in [5, 5.41) is 2.92. The first-order chi connectivity index (χ1) is 11.0. The van der Waals surface area contributed by atoms with Gasteiger partial charge in [0.15, 0.2) is 5.78 Å². The number of amides is 1. The molecule has 126 valence electrons. The molecule has 1 fully saturated rings. The average molecular weight is 319 g/mol. The Morgan fingerprint density at radius 3 is 2.83 bits per heavy atom. The van der Waals surface area contributed by atoms with Gasteiger partial charge in [-0.15, -0.1) is 0 Å². The summed E-state index contributed by atoms with van der Waals surface area (Å²) in [5.74, 6) is 1.11. The molecule has 2 atom stereocenters. The fraction of sp³-hybridized carbons (Fsp3) is 0.529. The standard InChI is InChI=1S/C17H25N3O3/c1-11(2)9-18-17(22)16-8-14(19-20-16)10-23-15-6-4-5-13(7-15)12(3)21/h4-7,11,14,16,19-20H,8-10H2,1-3H3,(H,18,22). The first-order valence-electron chi connectivity index (χ1n) is 7.98. The van der Waals surface area contributed by atoms with Crippen molar-refractivity contribution in [3.05, 3.63) is 29.8 Å². The van der Waals surface area contributed by atoms with Crippen LogP contribution in [0.5, 0.6) is 5.75 Å². The van der Waals surface area contributed by atoms with Gasteiger partial charge in [0, 0.05) is 12.1 Å². The van der Waals surface area contributed by atoms with Crippen LogP contribution in [0.1, 0.15) is 37.6 Å². The number of rotatable bonds is 7. The fourth-order valence-electron chi connectivity index (χ4n) is 2.33. The van der Waals surface area contributed by atoms with E-state index >= 15 is 0 Å². The third-order valence-corrected chi connectivity index (χ3v) is 3.67. The number of hydrogen-bond donors (Lipinski definition) is 3. The molecule has 1 amide bonds. The Labute approximate surface area is 136 Å². The summed E-state index contributed by atoms with van der Waals surface area (Å²) in [6.45, 7) is 6.76. The molecule has 1 heterocycles. The quantitative estimate of drug-likeness (QED) is 0.660. The lowest BCUT2D eigenvalue weighted by molar-refractivity contribution is -0.123. The molecule has 23 heavy (non-hydrogen) atoms. The molecule has 6 heteroatoms. The third-order valence-electron chi connectivity index (χ3n) is 3.67. The largest absolute Gasteiger partial charge is 0.492 e. The maximum absolute atomic E-state index is 12.0. The Morgan fingerprint density at radius 2 is 2.13 bits per heavy atom. The molecule has 0 spiro atoms. The van der Waals surface area contributed by atoms with Gasteiger partial charge < -0.3 is 10.1 Å². The minimum Gasteiger partial charge on any atom is -0.492 e. The molecule has 1 aliphatic heterocycles. The molecular formula is C17H25N3O3. The summed E-state index contributed by atoms with van der Waals surface area (Å²) in [6.07, 6.45) is 0.663. The second-order valence-electron chi connectivity index (χ2n) is 6.31. The van der Waals surface area contributed by atoms with E-state index in [0.29, 0.717) is 36.8 Å². The van der Waals surface area contributed by atoms with E-state index in [1.165, 1.54) is 6.92 Å². The topological polar surface area (TPSA) is 79.5 Å². The van der Waals surface area contributed by atoms with Gasteiger partial charge in [-0.05, 0) is 31.4 Å². The zero-order valence-corrected chi connectivity index (χ0v) is 13.9. The van der Waals surface area contributed by atoms with Gasteiger partial charge in [0.05, 0.1) is 6.04 Å². The van der Waals surface area contributed by atoms with Gasteiger partial charge >= 0.3 is 0 Å². The number of ketones is 1. The predicted molar refractivity (Wildman–Crippen MR) is 88.3 cm³/mol. The van der Waals surface area contributed by atoms with Crippen LogP contribution in [0, 0.1) is 5.92 Å². The van der Waals surface area contributed by atoms with Crippen molar-refractivity contribution in [2.24, 2.45) is 5.92 Å². The number of ether oxygens (including phenoxy) is 1. The smallest absolute Gasteiger partial charge is 0.238 e. The van der Waals surface area contributed by atoms with E-state index in [9.17, 15) is 9.59 Å². The molecule has 1 aliphatic rings. The van der Waals surface area contributed by atoms with Crippen LogP contribution in [0.3, 0.4) is 0 Å². The molecule has 1 aromatic rings. The second-order valence-corrected chi connectivity index (χ2v) is 6.31. The SMILES string of the molecule is CC(=O)c1cccc(OCC2CC(C(=O)NCC(C)C)NN2)c1. The van der Waals surface area contributed by atoms with Gasteiger partial charge in [-0.3, -0.25) is 15.0 Å². The molecule has 6 nitrogen and oxygen atoms in total. The van der Waals surface area contributed by atoms with Crippen molar-refractivity contribution in [3.63, 3.8) is 0 Å². The molecular weight excluding hydrogens is 294 g/mol. The van der Waals surface area contributed by atoms with E-state index in [0.717, 1.165) is 0 Å². The van der Waals surface area contributed by atoms with Gasteiger partial charge in [-0.2, -0.15) is 0 Å². The highest BCUT2D eigenvalue weighted by Crippen LogP contribution is 2.15. The first kappa shape index (κ1) is 17.4. The Kier molecular flexibility index (Phi) is 6.12. The van der Waals surface area contributed by atoms with Crippen LogP contribution in [-0.2, 0) is 4.79 Å². The predicted octanol–water partition coefficient (Wildman–Crippen LogP) is 1.28. The minimum absolute atomic E-state index is 0.00674. The second kappa shape index (κ2) is 8.08. The van der Waals surface area contributed by atoms with Gasteiger partial charge in [-0.1, -0.05) is 26.0 Å². The van der Waals surface area contributed by atoms with Crippen LogP contribution in [-0.4, -0.2) is 36.9 Å². The maximum Gasteiger partial charge on any atom is 0.238 e. The summed E-state index contributed by atoms with van der Waals surface area (Å²) in [6, 6.07) is 6.92. The molecule has 3 N–H and O–H groups in total. The van der Waals surface area contributed by atoms with Crippen LogP contribution in [0.25, 0.3) is 0 Å². The van der Waals surface area contributed by atoms with Crippen molar-refractivity contribution in [1.82, 2.24) is 16.2 Å². The van der Waals surface area contributed by atoms with Gasteiger partial charge in [0.2, 0.25) is 5.91 Å². The molecule has 0 aliphatic carbocycles. The summed E-state index contributed by atoms with van der Waals surface area (Å²) in [5.41, 5.74) is 6.71. The van der Waals surface area contributed by atoms with Crippen LogP contribution < -0.4 is 20.9 Å². The first-order valence-corrected chi connectivity index (χ1v) is 7.98. The third kappa shape index (κ3) is 5.33. The zero-order valence-electron chi connectivity index (χ0n) is 13.9. The highest BCUT2D eigenvalue weighted by Gasteiger charge is 2.29. The normalized spacial score (nSPS) is 20.5. The van der Waals surface area contributed by atoms with Crippen molar-refractivity contribution in [1.29, 1.82) is 0 Å². The van der Waals surface area contributed by atoms with Crippen molar-refractivity contribution < 1.29 is 14.3 Å². The summed E-state index contributed by atoms with van der Waals surface area (Å²) in [7, 11) is 0. The Bertz CT molecular complexity index is 560. The van der Waals surface area contributed by atoms with Gasteiger partial charge in [0.1, 0.15) is 18.4 Å². The number of Topliss-reactive ketones (excluding diaryl/α,β-unsaturated/α-hetero) is 1. The number of carbonyl (C=O) groups excluding carboxylic acids is 2. The Hall–Kier alpha value is -1.92. The number of hydrogen-bond acceptors (Lipinski definition) is 5. The molecule has 2 rings (SSSR count). The van der Waals surface area contributed by atoms with Crippen molar-refractivity contribution in [2.45, 2.75) is 39.3 Å². The monoisotopic (exact) mass is 319 g/mol. The Balaban J connectivity index is 1.78. The number of carbonyl (C=O) groups is 2. The lowest BCUT2D eigenvalue weighted by atomic mass is 10.1. The molecule has 0 radical (unpaired) electrons. The van der Waals surface area contributed by atoms with Gasteiger partial charge in [-0.25, -0.2) is 5.43 Å². The lowest BCUT2D eigenvalue weighted by Crippen LogP contribution is -2.44. The van der Waals surface area contributed by atoms with Crippen LogP contribution in [0.2, 0.25) is 0 Å². The van der Waals surface area contributed by atoms with Crippen molar-refractivity contribution in [2.75, 3.05) is 13.2 Å². The van der Waals surface area contributed by atoms with E-state index < -0.39 is 0 Å². The Morgan fingerprint density at radius 1 is 1.35 bits per heavy atom. The van der Waals surface area contributed by atoms with Crippen molar-refractivity contribution in [3.8, 4) is 5.75 Å². The number of hydrazine groups is 1. The highest BCUT2D eigenvalue weighted by atomic mass is 16.5. The van der Waals surface area contributed by atoms with E-state index in [4.69, 9.17) is 4.74 Å². The van der Waals surface area contributed by atoms with Crippen LogP contribution in [0.15, 0.2) is 24.3 Å². The summed E-state index contributed by atoms with van der Waals surface area (Å²) >= 11 is 0. The molecule has 0 bridgehead atoms.